The summed E-state index contributed by atoms with van der Waals surface area (Å²) in [5.41, 5.74) is 0. The number of hydrogen-bond donors (Lipinski definition) is 1. The van der Waals surface area contributed by atoms with Crippen LogP contribution in [0.4, 0.5) is 5.95 Å². The van der Waals surface area contributed by atoms with Crippen molar-refractivity contribution in [3.8, 4) is 5.88 Å². The first-order valence-corrected chi connectivity index (χ1v) is 6.65. The van der Waals surface area contributed by atoms with E-state index in [1.807, 2.05) is 0 Å². The smallest absolute Gasteiger partial charge is 0.225 e. The van der Waals surface area contributed by atoms with Crippen LogP contribution in [0, 0.1) is 5.92 Å². The van der Waals surface area contributed by atoms with Crippen LogP contribution in [0.3, 0.4) is 0 Å². The Kier molecular flexibility index (Phi) is 4.75. The van der Waals surface area contributed by atoms with Gasteiger partial charge in [0.2, 0.25) is 11.8 Å². The number of hydrogen-bond acceptors (Lipinski definition) is 5. The Labute approximate surface area is 109 Å². The zero-order valence-corrected chi connectivity index (χ0v) is 11.2. The Morgan fingerprint density at radius 3 is 3.22 bits per heavy atom. The molecule has 2 heterocycles. The summed E-state index contributed by atoms with van der Waals surface area (Å²) in [5, 5.41) is 3.30. The summed E-state index contributed by atoms with van der Waals surface area (Å²) in [4.78, 5) is 11.0. The van der Waals surface area contributed by atoms with Crippen LogP contribution in [0.1, 0.15) is 19.8 Å². The number of rotatable bonds is 5. The lowest BCUT2D eigenvalue weighted by Gasteiger charge is -2.31. The summed E-state index contributed by atoms with van der Waals surface area (Å²) in [5.74, 6) is 1.95. The molecule has 0 unspecified atom stereocenters. The molecule has 1 aromatic rings. The van der Waals surface area contributed by atoms with Crippen molar-refractivity contribution in [3.63, 3.8) is 0 Å². The van der Waals surface area contributed by atoms with Gasteiger partial charge in [0, 0.05) is 25.4 Å². The van der Waals surface area contributed by atoms with E-state index in [4.69, 9.17) is 4.74 Å². The van der Waals surface area contributed by atoms with Gasteiger partial charge in [-0.05, 0) is 31.8 Å². The van der Waals surface area contributed by atoms with Crippen LogP contribution in [0.15, 0.2) is 12.3 Å². The minimum atomic E-state index is 0.603. The lowest BCUT2D eigenvalue weighted by Crippen LogP contribution is -2.37. The normalized spacial score (nSPS) is 20.7. The molecule has 0 bridgehead atoms. The van der Waals surface area contributed by atoms with Gasteiger partial charge in [-0.25, -0.2) is 4.98 Å². The van der Waals surface area contributed by atoms with E-state index in [2.05, 4.69) is 27.1 Å². The first-order valence-electron chi connectivity index (χ1n) is 6.65. The maximum absolute atomic E-state index is 5.08. The predicted octanol–water partition coefficient (Wildman–Crippen LogP) is 1.63. The van der Waals surface area contributed by atoms with Gasteiger partial charge in [-0.1, -0.05) is 6.92 Å². The van der Waals surface area contributed by atoms with Crippen molar-refractivity contribution in [1.82, 2.24) is 14.9 Å². The van der Waals surface area contributed by atoms with Crippen LogP contribution in [0.5, 0.6) is 5.88 Å². The van der Waals surface area contributed by atoms with Gasteiger partial charge in [-0.3, -0.25) is 0 Å². The first-order chi connectivity index (χ1) is 8.81. The molecule has 0 amide bonds. The van der Waals surface area contributed by atoms with Gasteiger partial charge in [0.15, 0.2) is 0 Å². The number of methoxy groups -OCH3 is 1. The van der Waals surface area contributed by atoms with Crippen LogP contribution in [-0.2, 0) is 0 Å². The highest BCUT2D eigenvalue weighted by Gasteiger charge is 2.18. The third-order valence-corrected chi connectivity index (χ3v) is 3.44. The van der Waals surface area contributed by atoms with E-state index in [0.717, 1.165) is 13.1 Å². The molecule has 100 valence electrons. The number of nitrogens with one attached hydrogen (secondary N) is 1. The molecule has 0 aromatic carbocycles. The van der Waals surface area contributed by atoms with E-state index in [1.54, 1.807) is 19.4 Å². The number of nitrogens with zero attached hydrogens (tertiary/aromatic N) is 3. The summed E-state index contributed by atoms with van der Waals surface area (Å²) in [6.07, 6.45) is 4.29. The molecule has 5 nitrogen and oxygen atoms in total. The monoisotopic (exact) mass is 250 g/mol. The quantitative estimate of drug-likeness (QED) is 0.860. The first kappa shape index (κ1) is 13.1. The van der Waals surface area contributed by atoms with Crippen molar-refractivity contribution in [3.05, 3.63) is 12.3 Å². The maximum Gasteiger partial charge on any atom is 0.225 e. The zero-order chi connectivity index (χ0) is 12.8. The van der Waals surface area contributed by atoms with Crippen molar-refractivity contribution in [1.29, 1.82) is 0 Å². The van der Waals surface area contributed by atoms with E-state index in [1.165, 1.54) is 25.9 Å². The highest BCUT2D eigenvalue weighted by atomic mass is 16.5. The molecule has 5 heteroatoms. The summed E-state index contributed by atoms with van der Waals surface area (Å²) < 4.78 is 5.08. The molecule has 0 spiro atoms. The molecule has 1 saturated heterocycles. The lowest BCUT2D eigenvalue weighted by molar-refractivity contribution is 0.189. The number of likely N-dealkylation sites (tertiary alicyclic amines) is 1. The average Bonchev–Trinajstić information content (AvgIpc) is 2.45. The van der Waals surface area contributed by atoms with Crippen molar-refractivity contribution >= 4 is 5.95 Å². The zero-order valence-electron chi connectivity index (χ0n) is 11.2. The second kappa shape index (κ2) is 6.54. The molecule has 0 saturated carbocycles. The molecule has 2 rings (SSSR count). The van der Waals surface area contributed by atoms with Crippen molar-refractivity contribution in [2.75, 3.05) is 38.6 Å². The predicted molar refractivity (Wildman–Crippen MR) is 71.9 cm³/mol. The summed E-state index contributed by atoms with van der Waals surface area (Å²) in [7, 11) is 1.62. The SMILES string of the molecule is CCN1CCC[C@@H](CNc2nccc(OC)n2)C1. The molecule has 1 N–H and O–H groups in total. The molecule has 1 aliphatic rings. The van der Waals surface area contributed by atoms with Gasteiger partial charge in [0.25, 0.3) is 0 Å². The van der Waals surface area contributed by atoms with Crippen molar-refractivity contribution in [2.24, 2.45) is 5.92 Å². The molecular weight excluding hydrogens is 228 g/mol. The van der Waals surface area contributed by atoms with E-state index in [-0.39, 0.29) is 0 Å². The summed E-state index contributed by atoms with van der Waals surface area (Å²) in [6, 6.07) is 1.75. The van der Waals surface area contributed by atoms with Crippen LogP contribution in [0.2, 0.25) is 0 Å². The Morgan fingerprint density at radius 2 is 2.44 bits per heavy atom. The minimum absolute atomic E-state index is 0.603. The number of piperidine rings is 1. The van der Waals surface area contributed by atoms with Crippen LogP contribution < -0.4 is 10.1 Å². The molecule has 0 aliphatic carbocycles. The maximum atomic E-state index is 5.08. The molecule has 0 radical (unpaired) electrons. The highest BCUT2D eigenvalue weighted by molar-refractivity contribution is 5.27. The molecular formula is C13H22N4O. The Morgan fingerprint density at radius 1 is 1.56 bits per heavy atom. The fourth-order valence-corrected chi connectivity index (χ4v) is 2.38. The largest absolute Gasteiger partial charge is 0.481 e. The van der Waals surface area contributed by atoms with Gasteiger partial charge >= 0.3 is 0 Å². The summed E-state index contributed by atoms with van der Waals surface area (Å²) >= 11 is 0. The fraction of sp³-hybridized carbons (Fsp3) is 0.692. The van der Waals surface area contributed by atoms with E-state index in [9.17, 15) is 0 Å². The Hall–Kier alpha value is -1.36. The summed E-state index contributed by atoms with van der Waals surface area (Å²) in [6.45, 7) is 6.72. The number of aromatic nitrogens is 2. The average molecular weight is 250 g/mol. The third-order valence-electron chi connectivity index (χ3n) is 3.44. The Bertz CT molecular complexity index is 372. The van der Waals surface area contributed by atoms with Crippen LogP contribution in [0.25, 0.3) is 0 Å². The minimum Gasteiger partial charge on any atom is -0.481 e. The topological polar surface area (TPSA) is 50.3 Å². The lowest BCUT2D eigenvalue weighted by atomic mass is 9.98. The van der Waals surface area contributed by atoms with Gasteiger partial charge in [0.05, 0.1) is 7.11 Å². The molecule has 1 atom stereocenters. The van der Waals surface area contributed by atoms with E-state index in [0.29, 0.717) is 17.7 Å². The van der Waals surface area contributed by atoms with Crippen LogP contribution >= 0.6 is 0 Å². The molecule has 1 aliphatic heterocycles. The Balaban J connectivity index is 1.83. The van der Waals surface area contributed by atoms with Gasteiger partial charge < -0.3 is 15.0 Å². The second-order valence-electron chi connectivity index (χ2n) is 4.70. The third kappa shape index (κ3) is 3.57. The van der Waals surface area contributed by atoms with Gasteiger partial charge in [0.1, 0.15) is 0 Å². The standard InChI is InChI=1S/C13H22N4O/c1-3-17-8-4-5-11(10-17)9-15-13-14-7-6-12(16-13)18-2/h6-7,11H,3-5,8-10H2,1-2H3,(H,14,15,16)/t11-/m0/s1. The highest BCUT2D eigenvalue weighted by Crippen LogP contribution is 2.16. The number of anilines is 1. The van der Waals surface area contributed by atoms with E-state index < -0.39 is 0 Å². The van der Waals surface area contributed by atoms with Crippen molar-refractivity contribution in [2.45, 2.75) is 19.8 Å². The van der Waals surface area contributed by atoms with Crippen LogP contribution in [-0.4, -0.2) is 48.2 Å². The van der Waals surface area contributed by atoms with Crippen molar-refractivity contribution < 1.29 is 4.74 Å². The second-order valence-corrected chi connectivity index (χ2v) is 4.70. The number of ether oxygens (including phenoxy) is 1. The van der Waals surface area contributed by atoms with Gasteiger partial charge in [-0.15, -0.1) is 0 Å². The fourth-order valence-electron chi connectivity index (χ4n) is 2.38. The molecule has 18 heavy (non-hydrogen) atoms. The van der Waals surface area contributed by atoms with Gasteiger partial charge in [-0.2, -0.15) is 4.98 Å². The van der Waals surface area contributed by atoms with E-state index >= 15 is 0 Å². The molecule has 1 fully saturated rings. The molecule has 1 aromatic heterocycles.